The molecule has 1 N–H and O–H groups in total. The van der Waals surface area contributed by atoms with Gasteiger partial charge in [-0.15, -0.1) is 0 Å². The van der Waals surface area contributed by atoms with Crippen molar-refractivity contribution in [1.82, 2.24) is 20.0 Å². The zero-order valence-electron chi connectivity index (χ0n) is 11.2. The summed E-state index contributed by atoms with van der Waals surface area (Å²) in [7, 11) is 1.96. The lowest BCUT2D eigenvalue weighted by molar-refractivity contribution is 0.255. The molecule has 2 atom stereocenters. The summed E-state index contributed by atoms with van der Waals surface area (Å²) in [6, 6.07) is 1.11. The summed E-state index contributed by atoms with van der Waals surface area (Å²) in [5.41, 5.74) is 1.27. The van der Waals surface area contributed by atoms with Crippen LogP contribution in [-0.4, -0.2) is 40.4 Å². The maximum Gasteiger partial charge on any atom is 0.0537 e. The minimum atomic E-state index is 0.392. The van der Waals surface area contributed by atoms with E-state index in [-0.39, 0.29) is 0 Å². The van der Waals surface area contributed by atoms with Gasteiger partial charge in [-0.3, -0.25) is 9.58 Å². The number of likely N-dealkylation sites (N-methyl/N-ethyl adjacent to an activating group) is 1. The average molecular weight is 236 g/mol. The first-order valence-corrected chi connectivity index (χ1v) is 6.66. The van der Waals surface area contributed by atoms with Crippen molar-refractivity contribution in [3.8, 4) is 0 Å². The van der Waals surface area contributed by atoms with Gasteiger partial charge in [-0.05, 0) is 32.9 Å². The highest BCUT2D eigenvalue weighted by Crippen LogP contribution is 2.17. The van der Waals surface area contributed by atoms with E-state index in [9.17, 15) is 0 Å². The van der Waals surface area contributed by atoms with Crippen LogP contribution in [0.15, 0.2) is 12.4 Å². The topological polar surface area (TPSA) is 33.1 Å². The van der Waals surface area contributed by atoms with Gasteiger partial charge in [0.25, 0.3) is 0 Å². The minimum Gasteiger partial charge on any atom is -0.309 e. The largest absolute Gasteiger partial charge is 0.309 e. The molecule has 1 fully saturated rings. The lowest BCUT2D eigenvalue weighted by atomic mass is 10.1. The number of likely N-dealkylation sites (tertiary alicyclic amines) is 1. The maximum absolute atomic E-state index is 4.21. The van der Waals surface area contributed by atoms with Crippen molar-refractivity contribution in [3.05, 3.63) is 18.0 Å². The van der Waals surface area contributed by atoms with Crippen molar-refractivity contribution in [2.45, 2.75) is 38.8 Å². The predicted molar refractivity (Wildman–Crippen MR) is 69.9 cm³/mol. The molecule has 0 saturated carbocycles. The van der Waals surface area contributed by atoms with Crippen molar-refractivity contribution in [3.63, 3.8) is 0 Å². The number of nitrogens with one attached hydrogen (secondary N) is 1. The minimum absolute atomic E-state index is 0.392. The van der Waals surface area contributed by atoms with E-state index in [2.05, 4.69) is 35.4 Å². The molecule has 0 amide bonds. The van der Waals surface area contributed by atoms with Crippen LogP contribution in [0.2, 0.25) is 0 Å². The Hall–Kier alpha value is -0.870. The van der Waals surface area contributed by atoms with Gasteiger partial charge in [-0.25, -0.2) is 0 Å². The number of nitrogens with zero attached hydrogens (tertiary/aromatic N) is 3. The Kier molecular flexibility index (Phi) is 4.18. The van der Waals surface area contributed by atoms with Crippen LogP contribution in [0.5, 0.6) is 0 Å². The molecule has 0 spiro atoms. The Morgan fingerprint density at radius 3 is 3.06 bits per heavy atom. The van der Waals surface area contributed by atoms with Crippen molar-refractivity contribution in [2.24, 2.45) is 7.05 Å². The third kappa shape index (κ3) is 3.07. The van der Waals surface area contributed by atoms with Crippen LogP contribution in [0.25, 0.3) is 0 Å². The summed E-state index contributed by atoms with van der Waals surface area (Å²) < 4.78 is 1.86. The molecule has 17 heavy (non-hydrogen) atoms. The van der Waals surface area contributed by atoms with E-state index in [0.717, 1.165) is 12.6 Å². The molecule has 1 aromatic rings. The molecule has 2 rings (SSSR count). The number of aryl methyl sites for hydroxylation is 1. The van der Waals surface area contributed by atoms with Gasteiger partial charge in [0.05, 0.1) is 6.20 Å². The van der Waals surface area contributed by atoms with Crippen molar-refractivity contribution >= 4 is 0 Å². The Bertz CT molecular complexity index is 347. The SMILES string of the molecule is CCN1CCCC1CNC(C)c1cnn(C)c1. The van der Waals surface area contributed by atoms with E-state index in [0.29, 0.717) is 6.04 Å². The highest BCUT2D eigenvalue weighted by molar-refractivity contribution is 5.09. The Balaban J connectivity index is 1.81. The van der Waals surface area contributed by atoms with E-state index in [1.807, 2.05) is 17.9 Å². The van der Waals surface area contributed by atoms with Gasteiger partial charge in [-0.2, -0.15) is 5.10 Å². The molecule has 4 heteroatoms. The summed E-state index contributed by atoms with van der Waals surface area (Å²) in [6.07, 6.45) is 6.72. The molecule has 4 nitrogen and oxygen atoms in total. The molecule has 96 valence electrons. The standard InChI is InChI=1S/C13H24N4/c1-4-17-7-5-6-13(17)9-14-11(2)12-8-15-16(3)10-12/h8,10-11,13-14H,4-7,9H2,1-3H3. The Morgan fingerprint density at radius 1 is 1.59 bits per heavy atom. The third-order valence-corrected chi connectivity index (χ3v) is 3.79. The highest BCUT2D eigenvalue weighted by atomic mass is 15.2. The molecule has 0 aliphatic carbocycles. The van der Waals surface area contributed by atoms with Crippen LogP contribution in [0.3, 0.4) is 0 Å². The van der Waals surface area contributed by atoms with Gasteiger partial charge in [0, 0.05) is 37.4 Å². The molecule has 1 aromatic heterocycles. The fraction of sp³-hybridized carbons (Fsp3) is 0.769. The zero-order valence-corrected chi connectivity index (χ0v) is 11.2. The van der Waals surface area contributed by atoms with Crippen LogP contribution in [0.4, 0.5) is 0 Å². The maximum atomic E-state index is 4.21. The van der Waals surface area contributed by atoms with Crippen LogP contribution < -0.4 is 5.32 Å². The van der Waals surface area contributed by atoms with E-state index < -0.39 is 0 Å². The van der Waals surface area contributed by atoms with Gasteiger partial charge in [0.15, 0.2) is 0 Å². The van der Waals surface area contributed by atoms with Crippen LogP contribution in [0, 0.1) is 0 Å². The van der Waals surface area contributed by atoms with Gasteiger partial charge >= 0.3 is 0 Å². The van der Waals surface area contributed by atoms with Crippen molar-refractivity contribution in [1.29, 1.82) is 0 Å². The smallest absolute Gasteiger partial charge is 0.0537 e. The molecular weight excluding hydrogens is 212 g/mol. The van der Waals surface area contributed by atoms with Gasteiger partial charge in [0.2, 0.25) is 0 Å². The quantitative estimate of drug-likeness (QED) is 0.842. The molecule has 1 saturated heterocycles. The van der Waals surface area contributed by atoms with E-state index in [4.69, 9.17) is 0 Å². The van der Waals surface area contributed by atoms with Crippen LogP contribution in [-0.2, 0) is 7.05 Å². The van der Waals surface area contributed by atoms with Crippen LogP contribution in [0.1, 0.15) is 38.3 Å². The highest BCUT2D eigenvalue weighted by Gasteiger charge is 2.23. The van der Waals surface area contributed by atoms with E-state index in [1.54, 1.807) is 0 Å². The van der Waals surface area contributed by atoms with E-state index >= 15 is 0 Å². The molecule has 0 bridgehead atoms. The monoisotopic (exact) mass is 236 g/mol. The molecule has 2 heterocycles. The summed E-state index contributed by atoms with van der Waals surface area (Å²) >= 11 is 0. The number of rotatable bonds is 5. The number of aromatic nitrogens is 2. The molecule has 0 aromatic carbocycles. The molecule has 1 aliphatic heterocycles. The molecule has 0 radical (unpaired) electrons. The lowest BCUT2D eigenvalue weighted by Crippen LogP contribution is -2.38. The second kappa shape index (κ2) is 5.65. The summed E-state index contributed by atoms with van der Waals surface area (Å²) in [6.45, 7) is 7.99. The second-order valence-corrected chi connectivity index (χ2v) is 5.00. The van der Waals surface area contributed by atoms with Crippen molar-refractivity contribution < 1.29 is 0 Å². The van der Waals surface area contributed by atoms with E-state index in [1.165, 1.54) is 31.5 Å². The Labute approximate surface area is 104 Å². The average Bonchev–Trinajstić information content (AvgIpc) is 2.94. The third-order valence-electron chi connectivity index (χ3n) is 3.79. The van der Waals surface area contributed by atoms with Crippen molar-refractivity contribution in [2.75, 3.05) is 19.6 Å². The number of hydrogen-bond donors (Lipinski definition) is 1. The fourth-order valence-corrected chi connectivity index (χ4v) is 2.64. The molecule has 2 unspecified atom stereocenters. The fourth-order valence-electron chi connectivity index (χ4n) is 2.64. The summed E-state index contributed by atoms with van der Waals surface area (Å²) in [4.78, 5) is 2.57. The predicted octanol–water partition coefficient (Wildman–Crippen LogP) is 1.55. The summed E-state index contributed by atoms with van der Waals surface area (Å²) in [5, 5.41) is 7.84. The normalized spacial score (nSPS) is 23.1. The van der Waals surface area contributed by atoms with Gasteiger partial charge < -0.3 is 5.32 Å². The number of hydrogen-bond acceptors (Lipinski definition) is 3. The first kappa shape index (κ1) is 12.6. The van der Waals surface area contributed by atoms with Gasteiger partial charge in [-0.1, -0.05) is 6.92 Å². The summed E-state index contributed by atoms with van der Waals surface area (Å²) in [5.74, 6) is 0. The molecular formula is C13H24N4. The lowest BCUT2D eigenvalue weighted by Gasteiger charge is -2.24. The molecule has 1 aliphatic rings. The first-order chi connectivity index (χ1) is 8.20. The zero-order chi connectivity index (χ0) is 12.3. The van der Waals surface area contributed by atoms with Crippen LogP contribution >= 0.6 is 0 Å². The Morgan fingerprint density at radius 2 is 2.41 bits per heavy atom. The second-order valence-electron chi connectivity index (χ2n) is 5.00. The first-order valence-electron chi connectivity index (χ1n) is 6.66. The van der Waals surface area contributed by atoms with Gasteiger partial charge in [0.1, 0.15) is 0 Å².